The lowest BCUT2D eigenvalue weighted by Crippen LogP contribution is -2.39. The highest BCUT2D eigenvalue weighted by Crippen LogP contribution is 2.50. The number of halogens is 2. The van der Waals surface area contributed by atoms with E-state index in [1.807, 2.05) is 62.1 Å². The highest BCUT2D eigenvalue weighted by molar-refractivity contribution is 6.42. The summed E-state index contributed by atoms with van der Waals surface area (Å²) in [7, 11) is 0. The molecule has 0 aromatic heterocycles. The molecule has 5 nitrogen and oxygen atoms in total. The van der Waals surface area contributed by atoms with Crippen LogP contribution in [0.4, 0.5) is 10.5 Å². The van der Waals surface area contributed by atoms with Gasteiger partial charge in [-0.05, 0) is 57.9 Å². The molecule has 0 unspecified atom stereocenters. The van der Waals surface area contributed by atoms with E-state index >= 15 is 0 Å². The molecule has 2 heterocycles. The Balaban J connectivity index is 1.53. The van der Waals surface area contributed by atoms with E-state index in [0.717, 1.165) is 36.4 Å². The van der Waals surface area contributed by atoms with Crippen LogP contribution < -0.4 is 9.64 Å². The zero-order valence-corrected chi connectivity index (χ0v) is 20.3. The molecule has 2 aliphatic heterocycles. The number of ether oxygens (including phenoxy) is 2. The topological polar surface area (TPSA) is 42.0 Å². The number of carbonyl (C=O) groups excluding carboxylic acids is 1. The second kappa shape index (κ2) is 9.40. The van der Waals surface area contributed by atoms with Crippen molar-refractivity contribution >= 4 is 35.0 Å². The third-order valence-electron chi connectivity index (χ3n) is 6.06. The number of likely N-dealkylation sites (tertiary alicyclic amines) is 1. The maximum Gasteiger partial charge on any atom is 0.410 e. The van der Waals surface area contributed by atoms with Crippen LogP contribution in [0.1, 0.15) is 45.1 Å². The van der Waals surface area contributed by atoms with Crippen LogP contribution in [0.25, 0.3) is 0 Å². The first kappa shape index (κ1) is 23.1. The van der Waals surface area contributed by atoms with Crippen molar-refractivity contribution in [3.8, 4) is 5.75 Å². The Bertz CT molecular complexity index is 962. The zero-order valence-electron chi connectivity index (χ0n) is 18.8. The average molecular weight is 477 g/mol. The zero-order chi connectivity index (χ0) is 22.9. The number of nitrogens with zero attached hydrogens (tertiary/aromatic N) is 2. The number of anilines is 1. The number of rotatable bonds is 4. The second-order valence-corrected chi connectivity index (χ2v) is 10.2. The summed E-state index contributed by atoms with van der Waals surface area (Å²) < 4.78 is 11.6. The molecule has 172 valence electrons. The molecule has 0 radical (unpaired) electrons. The van der Waals surface area contributed by atoms with Crippen molar-refractivity contribution in [1.29, 1.82) is 0 Å². The van der Waals surface area contributed by atoms with E-state index in [0.29, 0.717) is 29.7 Å². The number of benzene rings is 2. The third-order valence-corrected chi connectivity index (χ3v) is 6.87. The van der Waals surface area contributed by atoms with Gasteiger partial charge in [-0.25, -0.2) is 4.79 Å². The number of carbonyl (C=O) groups is 1. The minimum absolute atomic E-state index is 0.209. The Morgan fingerprint density at radius 3 is 2.50 bits per heavy atom. The first-order valence-electron chi connectivity index (χ1n) is 11.1. The second-order valence-electron chi connectivity index (χ2n) is 9.37. The molecule has 2 aromatic rings. The average Bonchev–Trinajstić information content (AvgIpc) is 2.88. The highest BCUT2D eigenvalue weighted by Gasteiger charge is 2.42. The summed E-state index contributed by atoms with van der Waals surface area (Å²) in [4.78, 5) is 16.9. The molecular formula is C25H30Cl2N2O3. The van der Waals surface area contributed by atoms with Crippen LogP contribution in [0.2, 0.25) is 10.0 Å². The van der Waals surface area contributed by atoms with Crippen LogP contribution in [-0.2, 0) is 4.74 Å². The van der Waals surface area contributed by atoms with Crippen LogP contribution in [0.15, 0.2) is 42.5 Å². The normalized spacial score (nSPS) is 20.4. The number of hydrogen-bond donors (Lipinski definition) is 0. The fourth-order valence-corrected chi connectivity index (χ4v) is 5.17. The monoisotopic (exact) mass is 476 g/mol. The van der Waals surface area contributed by atoms with E-state index < -0.39 is 5.60 Å². The largest absolute Gasteiger partial charge is 0.492 e. The predicted octanol–water partition coefficient (Wildman–Crippen LogP) is 6.38. The molecular weight excluding hydrogens is 447 g/mol. The summed E-state index contributed by atoms with van der Waals surface area (Å²) in [5.41, 5.74) is 1.70. The van der Waals surface area contributed by atoms with Crippen molar-refractivity contribution < 1.29 is 14.3 Å². The van der Waals surface area contributed by atoms with E-state index in [9.17, 15) is 4.79 Å². The predicted molar refractivity (Wildman–Crippen MR) is 129 cm³/mol. The van der Waals surface area contributed by atoms with Gasteiger partial charge in [0, 0.05) is 36.3 Å². The van der Waals surface area contributed by atoms with Gasteiger partial charge in [-0.3, -0.25) is 0 Å². The summed E-state index contributed by atoms with van der Waals surface area (Å²) >= 11 is 13.1. The third kappa shape index (κ3) is 4.94. The highest BCUT2D eigenvalue weighted by atomic mass is 35.5. The Kier molecular flexibility index (Phi) is 6.78. The Morgan fingerprint density at radius 2 is 1.78 bits per heavy atom. The van der Waals surface area contributed by atoms with Gasteiger partial charge in [-0.1, -0.05) is 41.4 Å². The van der Waals surface area contributed by atoms with Gasteiger partial charge in [-0.15, -0.1) is 0 Å². The molecule has 0 saturated carbocycles. The van der Waals surface area contributed by atoms with Gasteiger partial charge in [0.05, 0.1) is 16.6 Å². The maximum absolute atomic E-state index is 12.7. The van der Waals surface area contributed by atoms with E-state index in [4.69, 9.17) is 32.7 Å². The lowest BCUT2D eigenvalue weighted by Gasteiger charge is -2.30. The lowest BCUT2D eigenvalue weighted by molar-refractivity contribution is 0.0255. The van der Waals surface area contributed by atoms with Crippen LogP contribution >= 0.6 is 23.2 Å². The lowest BCUT2D eigenvalue weighted by atomic mass is 9.91. The van der Waals surface area contributed by atoms with E-state index in [1.54, 1.807) is 0 Å². The standard InChI is InChI=1S/C25H30Cl2N2O3/c1-25(2,3)32-24(30)28-13-11-18-20(12-14-28)29(15-16-31-17-7-5-4-6-8-17)21-10-9-19(26)23(27)22(18)21/h4-10,18,20H,11-16H2,1-3H3/t18-,20+/m1/s1. The van der Waals surface area contributed by atoms with Crippen molar-refractivity contribution in [3.63, 3.8) is 0 Å². The quantitative estimate of drug-likeness (QED) is 0.513. The SMILES string of the molecule is CC(C)(C)OC(=O)N1CC[C@H]2c3c(ccc(Cl)c3Cl)N(CCOc3ccccc3)[C@H]2CC1. The van der Waals surface area contributed by atoms with Gasteiger partial charge in [0.25, 0.3) is 0 Å². The van der Waals surface area contributed by atoms with Gasteiger partial charge < -0.3 is 19.3 Å². The minimum atomic E-state index is -0.510. The molecule has 7 heteroatoms. The molecule has 1 amide bonds. The summed E-state index contributed by atoms with van der Waals surface area (Å²) in [5, 5.41) is 1.19. The van der Waals surface area contributed by atoms with Crippen molar-refractivity contribution in [2.45, 2.75) is 51.2 Å². The van der Waals surface area contributed by atoms with Gasteiger partial charge in [0.2, 0.25) is 0 Å². The minimum Gasteiger partial charge on any atom is -0.492 e. The number of para-hydroxylation sites is 1. The number of hydrogen-bond acceptors (Lipinski definition) is 4. The Hall–Kier alpha value is -2.11. The fraction of sp³-hybridized carbons (Fsp3) is 0.480. The first-order valence-corrected chi connectivity index (χ1v) is 11.9. The fourth-order valence-electron chi connectivity index (χ4n) is 4.71. The molecule has 0 bridgehead atoms. The van der Waals surface area contributed by atoms with Gasteiger partial charge >= 0.3 is 6.09 Å². The summed E-state index contributed by atoms with van der Waals surface area (Å²) in [5.74, 6) is 1.06. The molecule has 4 rings (SSSR count). The Morgan fingerprint density at radius 1 is 1.06 bits per heavy atom. The molecule has 1 fully saturated rings. The van der Waals surface area contributed by atoms with Crippen LogP contribution in [-0.4, -0.2) is 48.9 Å². The molecule has 1 saturated heterocycles. The summed E-state index contributed by atoms with van der Waals surface area (Å²) in [6, 6.07) is 14.0. The molecule has 2 atom stereocenters. The van der Waals surface area contributed by atoms with Gasteiger partial charge in [0.1, 0.15) is 18.0 Å². The molecule has 0 N–H and O–H groups in total. The first-order chi connectivity index (χ1) is 15.2. The number of fused-ring (bicyclic) bond motifs is 3. The van der Waals surface area contributed by atoms with Crippen molar-refractivity contribution in [1.82, 2.24) is 4.90 Å². The molecule has 32 heavy (non-hydrogen) atoms. The van der Waals surface area contributed by atoms with Crippen LogP contribution in [0, 0.1) is 0 Å². The van der Waals surface area contributed by atoms with E-state index in [1.165, 1.54) is 0 Å². The summed E-state index contributed by atoms with van der Waals surface area (Å²) in [6.07, 6.45) is 1.39. The van der Waals surface area contributed by atoms with Crippen molar-refractivity contribution in [2.24, 2.45) is 0 Å². The van der Waals surface area contributed by atoms with Crippen LogP contribution in [0.5, 0.6) is 5.75 Å². The molecule has 0 aliphatic carbocycles. The summed E-state index contributed by atoms with van der Waals surface area (Å²) in [6.45, 7) is 8.24. The van der Waals surface area contributed by atoms with Crippen LogP contribution in [0.3, 0.4) is 0 Å². The smallest absolute Gasteiger partial charge is 0.410 e. The molecule has 2 aliphatic rings. The van der Waals surface area contributed by atoms with Gasteiger partial charge in [-0.2, -0.15) is 0 Å². The molecule has 0 spiro atoms. The van der Waals surface area contributed by atoms with Crippen molar-refractivity contribution in [2.75, 3.05) is 31.1 Å². The maximum atomic E-state index is 12.7. The number of amides is 1. The van der Waals surface area contributed by atoms with Crippen molar-refractivity contribution in [3.05, 3.63) is 58.1 Å². The van der Waals surface area contributed by atoms with E-state index in [2.05, 4.69) is 11.0 Å². The van der Waals surface area contributed by atoms with Gasteiger partial charge in [0.15, 0.2) is 0 Å². The van der Waals surface area contributed by atoms with E-state index in [-0.39, 0.29) is 18.1 Å². The Labute approximate surface area is 200 Å². The molecule has 2 aromatic carbocycles.